The lowest BCUT2D eigenvalue weighted by Gasteiger charge is -2.12. The molecule has 0 spiro atoms. The van der Waals surface area contributed by atoms with Crippen LogP contribution in [0.25, 0.3) is 0 Å². The molecule has 1 rings (SSSR count). The summed E-state index contributed by atoms with van der Waals surface area (Å²) in [5, 5.41) is 0. The molecular weight excluding hydrogens is 349 g/mol. The molecule has 0 N–H and O–H groups in total. The summed E-state index contributed by atoms with van der Waals surface area (Å²) in [6, 6.07) is 4.90. The van der Waals surface area contributed by atoms with Crippen molar-refractivity contribution in [2.75, 3.05) is 6.61 Å². The van der Waals surface area contributed by atoms with Crippen LogP contribution in [0.15, 0.2) is 24.3 Å². The van der Waals surface area contributed by atoms with Gasteiger partial charge >= 0.3 is 18.1 Å². The van der Waals surface area contributed by atoms with Gasteiger partial charge in [0.1, 0.15) is 6.61 Å². The van der Waals surface area contributed by atoms with Crippen LogP contribution in [-0.2, 0) is 31.8 Å². The Morgan fingerprint density at radius 1 is 0.923 bits per heavy atom. The zero-order chi connectivity index (χ0) is 19.4. The molecule has 7 heteroatoms. The average molecular weight is 374 g/mol. The molecule has 0 saturated heterocycles. The zero-order valence-corrected chi connectivity index (χ0v) is 14.9. The molecule has 1 aromatic rings. The predicted molar refractivity (Wildman–Crippen MR) is 90.2 cm³/mol. The molecule has 0 atom stereocenters. The Kier molecular flexibility index (Phi) is 9.76. The fourth-order valence-electron chi connectivity index (χ4n) is 2.32. The van der Waals surface area contributed by atoms with Gasteiger partial charge in [0.2, 0.25) is 0 Å². The Balaban J connectivity index is 2.26. The van der Waals surface area contributed by atoms with Gasteiger partial charge in [0, 0.05) is 5.56 Å². The lowest BCUT2D eigenvalue weighted by molar-refractivity contribution is -0.152. The highest BCUT2D eigenvalue weighted by molar-refractivity contribution is 5.77. The Hall–Kier alpha value is -2.05. The van der Waals surface area contributed by atoms with Crippen molar-refractivity contribution in [3.8, 4) is 0 Å². The van der Waals surface area contributed by atoms with E-state index in [1.807, 2.05) is 0 Å². The Bertz CT molecular complexity index is 570. The van der Waals surface area contributed by atoms with E-state index in [1.54, 1.807) is 0 Å². The summed E-state index contributed by atoms with van der Waals surface area (Å²) in [6.07, 6.45) is 0.278. The maximum atomic E-state index is 12.8. The first-order valence-corrected chi connectivity index (χ1v) is 8.81. The number of alkyl halides is 3. The molecule has 1 aromatic carbocycles. The van der Waals surface area contributed by atoms with Gasteiger partial charge in [-0.1, -0.05) is 50.8 Å². The van der Waals surface area contributed by atoms with Gasteiger partial charge < -0.3 is 9.47 Å². The van der Waals surface area contributed by atoms with Crippen LogP contribution >= 0.6 is 0 Å². The molecule has 26 heavy (non-hydrogen) atoms. The van der Waals surface area contributed by atoms with E-state index in [4.69, 9.17) is 9.47 Å². The monoisotopic (exact) mass is 374 g/mol. The molecule has 0 bridgehead atoms. The van der Waals surface area contributed by atoms with Crippen molar-refractivity contribution >= 4 is 11.9 Å². The summed E-state index contributed by atoms with van der Waals surface area (Å²) < 4.78 is 48.4. The summed E-state index contributed by atoms with van der Waals surface area (Å²) in [7, 11) is 0. The summed E-state index contributed by atoms with van der Waals surface area (Å²) >= 11 is 0. The fourth-order valence-corrected chi connectivity index (χ4v) is 2.32. The third kappa shape index (κ3) is 8.87. The molecular formula is C19H25F3O4. The number of benzene rings is 1. The van der Waals surface area contributed by atoms with E-state index >= 15 is 0 Å². The van der Waals surface area contributed by atoms with Crippen LogP contribution < -0.4 is 0 Å². The molecule has 146 valence electrons. The van der Waals surface area contributed by atoms with E-state index in [-0.39, 0.29) is 18.4 Å². The van der Waals surface area contributed by atoms with E-state index < -0.39 is 30.3 Å². The van der Waals surface area contributed by atoms with Gasteiger partial charge in [-0.25, -0.2) is 0 Å². The number of hydrogen-bond acceptors (Lipinski definition) is 4. The van der Waals surface area contributed by atoms with Crippen molar-refractivity contribution in [1.29, 1.82) is 0 Å². The van der Waals surface area contributed by atoms with Gasteiger partial charge in [-0.3, -0.25) is 9.59 Å². The van der Waals surface area contributed by atoms with Gasteiger partial charge in [-0.05, 0) is 12.5 Å². The molecule has 0 amide bonds. The minimum Gasteiger partial charge on any atom is -0.466 e. The van der Waals surface area contributed by atoms with Crippen LogP contribution in [0.3, 0.4) is 0 Å². The normalized spacial score (nSPS) is 11.2. The minimum absolute atomic E-state index is 0.122. The van der Waals surface area contributed by atoms with Crippen LogP contribution in [0.4, 0.5) is 13.2 Å². The standard InChI is InChI=1S/C19H25F3O4/c1-2-3-4-5-8-13-25-17(23)11-12-18(24)26-14-15-9-6-7-10-16(15)19(20,21)22/h6-7,9-10H,2-5,8,11-14H2,1H3. The van der Waals surface area contributed by atoms with Crippen molar-refractivity contribution in [3.05, 3.63) is 35.4 Å². The Morgan fingerprint density at radius 3 is 2.19 bits per heavy atom. The van der Waals surface area contributed by atoms with Crippen molar-refractivity contribution < 1.29 is 32.2 Å². The van der Waals surface area contributed by atoms with Gasteiger partial charge in [-0.2, -0.15) is 13.2 Å². The second kappa shape index (κ2) is 11.5. The van der Waals surface area contributed by atoms with Gasteiger partial charge in [0.15, 0.2) is 0 Å². The first-order valence-electron chi connectivity index (χ1n) is 8.81. The van der Waals surface area contributed by atoms with Crippen molar-refractivity contribution in [1.82, 2.24) is 0 Å². The molecule has 4 nitrogen and oxygen atoms in total. The van der Waals surface area contributed by atoms with Crippen molar-refractivity contribution in [2.45, 2.75) is 64.7 Å². The van der Waals surface area contributed by atoms with E-state index in [1.165, 1.54) is 18.2 Å². The first kappa shape index (κ1) is 22.0. The summed E-state index contributed by atoms with van der Waals surface area (Å²) in [5.74, 6) is -1.24. The molecule has 0 fully saturated rings. The number of hydrogen-bond donors (Lipinski definition) is 0. The van der Waals surface area contributed by atoms with Crippen molar-refractivity contribution in [3.63, 3.8) is 0 Å². The third-order valence-corrected chi connectivity index (χ3v) is 3.76. The number of unbranched alkanes of at least 4 members (excludes halogenated alkanes) is 4. The number of halogens is 3. The van der Waals surface area contributed by atoms with Gasteiger partial charge in [0.05, 0.1) is 25.0 Å². The van der Waals surface area contributed by atoms with Gasteiger partial charge in [0.25, 0.3) is 0 Å². The highest BCUT2D eigenvalue weighted by atomic mass is 19.4. The molecule has 0 saturated carbocycles. The molecule has 0 radical (unpaired) electrons. The highest BCUT2D eigenvalue weighted by Crippen LogP contribution is 2.32. The predicted octanol–water partition coefficient (Wildman–Crippen LogP) is 5.04. The van der Waals surface area contributed by atoms with Gasteiger partial charge in [-0.15, -0.1) is 0 Å². The maximum absolute atomic E-state index is 12.8. The Labute approximate surface area is 151 Å². The lowest BCUT2D eigenvalue weighted by Crippen LogP contribution is -2.13. The number of rotatable bonds is 11. The highest BCUT2D eigenvalue weighted by Gasteiger charge is 2.33. The number of carbonyl (C=O) groups is 2. The van der Waals surface area contributed by atoms with E-state index in [0.717, 1.165) is 38.2 Å². The summed E-state index contributed by atoms with van der Waals surface area (Å²) in [5.41, 5.74) is -0.960. The van der Waals surface area contributed by atoms with Crippen LogP contribution in [-0.4, -0.2) is 18.5 Å². The molecule has 0 aliphatic rings. The first-order chi connectivity index (χ1) is 12.3. The topological polar surface area (TPSA) is 52.6 Å². The smallest absolute Gasteiger partial charge is 0.416 e. The maximum Gasteiger partial charge on any atom is 0.416 e. The molecule has 0 unspecified atom stereocenters. The second-order valence-corrected chi connectivity index (χ2v) is 5.95. The Morgan fingerprint density at radius 2 is 1.54 bits per heavy atom. The quantitative estimate of drug-likeness (QED) is 0.402. The van der Waals surface area contributed by atoms with E-state index in [0.29, 0.717) is 6.61 Å². The SMILES string of the molecule is CCCCCCCOC(=O)CCC(=O)OCc1ccccc1C(F)(F)F. The fraction of sp³-hybridized carbons (Fsp3) is 0.579. The molecule has 0 aromatic heterocycles. The van der Waals surface area contributed by atoms with E-state index in [9.17, 15) is 22.8 Å². The molecule has 0 heterocycles. The molecule has 0 aliphatic heterocycles. The largest absolute Gasteiger partial charge is 0.466 e. The lowest BCUT2D eigenvalue weighted by atomic mass is 10.1. The van der Waals surface area contributed by atoms with E-state index in [2.05, 4.69) is 6.92 Å². The number of ether oxygens (including phenoxy) is 2. The van der Waals surface area contributed by atoms with Crippen LogP contribution in [0.2, 0.25) is 0 Å². The van der Waals surface area contributed by atoms with Crippen molar-refractivity contribution in [2.24, 2.45) is 0 Å². The second-order valence-electron chi connectivity index (χ2n) is 5.95. The molecule has 0 aliphatic carbocycles. The van der Waals surface area contributed by atoms with Crippen LogP contribution in [0.1, 0.15) is 63.0 Å². The summed E-state index contributed by atoms with van der Waals surface area (Å²) in [6.45, 7) is 1.94. The van der Waals surface area contributed by atoms with Crippen LogP contribution in [0.5, 0.6) is 0 Å². The zero-order valence-electron chi connectivity index (χ0n) is 14.9. The average Bonchev–Trinajstić information content (AvgIpc) is 2.60. The minimum atomic E-state index is -4.51. The summed E-state index contributed by atoms with van der Waals surface area (Å²) in [4.78, 5) is 23.1. The number of esters is 2. The van der Waals surface area contributed by atoms with Crippen LogP contribution in [0, 0.1) is 0 Å². The number of carbonyl (C=O) groups excluding carboxylic acids is 2. The third-order valence-electron chi connectivity index (χ3n) is 3.76.